The Bertz CT molecular complexity index is 1990. The second-order valence-electron chi connectivity index (χ2n) is 14.2. The first-order valence-electron chi connectivity index (χ1n) is 17.2. The minimum Gasteiger partial charge on any atom is -0.507 e. The van der Waals surface area contributed by atoms with E-state index in [1.807, 2.05) is 41.5 Å². The second-order valence-corrected chi connectivity index (χ2v) is 14.2. The van der Waals surface area contributed by atoms with Crippen molar-refractivity contribution in [3.05, 3.63) is 89.1 Å². The van der Waals surface area contributed by atoms with E-state index in [0.717, 1.165) is 56.0 Å². The summed E-state index contributed by atoms with van der Waals surface area (Å²) in [5.41, 5.74) is 9.44. The van der Waals surface area contributed by atoms with Crippen LogP contribution in [-0.4, -0.2) is 45.9 Å². The van der Waals surface area contributed by atoms with Crippen LogP contribution >= 0.6 is 0 Å². The van der Waals surface area contributed by atoms with E-state index in [-0.39, 0.29) is 64.1 Å². The van der Waals surface area contributed by atoms with Crippen molar-refractivity contribution >= 4 is 29.4 Å². The largest absolute Gasteiger partial charge is 0.507 e. The number of fused-ring (bicyclic) bond motifs is 6. The summed E-state index contributed by atoms with van der Waals surface area (Å²) in [5.74, 6) is 0.197. The first-order valence-corrected chi connectivity index (χ1v) is 17.2. The molecule has 51 heavy (non-hydrogen) atoms. The van der Waals surface area contributed by atoms with Crippen molar-refractivity contribution in [3.63, 3.8) is 0 Å². The van der Waals surface area contributed by atoms with E-state index in [0.29, 0.717) is 46.5 Å². The molecule has 6 rings (SSSR count). The second kappa shape index (κ2) is 13.2. The molecule has 268 valence electrons. The van der Waals surface area contributed by atoms with Crippen LogP contribution in [0.4, 0.5) is 0 Å². The summed E-state index contributed by atoms with van der Waals surface area (Å²) in [5, 5.41) is 21.1. The Morgan fingerprint density at radius 2 is 0.902 bits per heavy atom. The first-order chi connectivity index (χ1) is 23.8. The third-order valence-corrected chi connectivity index (χ3v) is 11.6. The van der Waals surface area contributed by atoms with Crippen LogP contribution in [0.2, 0.25) is 0 Å². The van der Waals surface area contributed by atoms with Crippen molar-refractivity contribution in [2.45, 2.75) is 108 Å². The zero-order valence-electron chi connectivity index (χ0n) is 31.5. The molecule has 9 nitrogen and oxygen atoms in total. The van der Waals surface area contributed by atoms with Gasteiger partial charge >= 0.3 is 0 Å². The number of allylic oxidation sites excluding steroid dienone is 8. The average molecular weight is 695 g/mol. The van der Waals surface area contributed by atoms with Crippen molar-refractivity contribution in [3.8, 4) is 23.0 Å². The van der Waals surface area contributed by atoms with E-state index < -0.39 is 5.92 Å². The van der Waals surface area contributed by atoms with Gasteiger partial charge in [-0.3, -0.25) is 19.2 Å². The summed E-state index contributed by atoms with van der Waals surface area (Å²) >= 11 is 0. The van der Waals surface area contributed by atoms with E-state index in [1.54, 1.807) is 27.7 Å². The summed E-state index contributed by atoms with van der Waals surface area (Å²) in [6.07, 6.45) is 0.817. The van der Waals surface area contributed by atoms with Crippen LogP contribution in [0.1, 0.15) is 105 Å². The molecule has 0 unspecified atom stereocenters. The van der Waals surface area contributed by atoms with Gasteiger partial charge in [-0.15, -0.1) is 0 Å². The molecule has 2 aromatic carbocycles. The molecule has 2 bridgehead atoms. The number of aldehydes is 1. The number of Topliss-reactive ketones (excluding diaryl/α,β-unsaturated/α-hetero) is 4. The molecule has 2 aliphatic carbocycles. The maximum atomic E-state index is 12.9. The Morgan fingerprint density at radius 1 is 0.549 bits per heavy atom. The predicted molar refractivity (Wildman–Crippen MR) is 192 cm³/mol. The molecule has 9 heteroatoms. The van der Waals surface area contributed by atoms with Crippen LogP contribution in [0.15, 0.2) is 44.6 Å². The topological polar surface area (TPSA) is 144 Å². The molecule has 0 aromatic heterocycles. The zero-order valence-corrected chi connectivity index (χ0v) is 31.5. The Hall–Kier alpha value is -5.05. The molecule has 0 saturated heterocycles. The maximum absolute atomic E-state index is 12.9. The minimum absolute atomic E-state index is 0.0490. The average Bonchev–Trinajstić information content (AvgIpc) is 3.11. The number of ether oxygens (including phenoxy) is 2. The van der Waals surface area contributed by atoms with Gasteiger partial charge in [-0.2, -0.15) is 0 Å². The molecule has 0 atom stereocenters. The molecule has 0 fully saturated rings. The molecule has 0 spiro atoms. The summed E-state index contributed by atoms with van der Waals surface area (Å²) in [7, 11) is 0. The minimum atomic E-state index is -0.897. The van der Waals surface area contributed by atoms with Crippen LogP contribution in [0.25, 0.3) is 0 Å². The third-order valence-electron chi connectivity index (χ3n) is 11.6. The number of ketones is 4. The highest BCUT2D eigenvalue weighted by molar-refractivity contribution is 6.28. The molecule has 2 aliphatic heterocycles. The lowest BCUT2D eigenvalue weighted by atomic mass is 9.71. The molecule has 2 N–H and O–H groups in total. The molecule has 2 heterocycles. The van der Waals surface area contributed by atoms with Gasteiger partial charge in [-0.05, 0) is 116 Å². The lowest BCUT2D eigenvalue weighted by Gasteiger charge is -2.41. The first kappa shape index (κ1) is 37.2. The quantitative estimate of drug-likeness (QED) is 0.247. The van der Waals surface area contributed by atoms with Gasteiger partial charge in [0.05, 0.1) is 0 Å². The number of hydrogen-bond acceptors (Lipinski definition) is 9. The number of phenols is 2. The van der Waals surface area contributed by atoms with Crippen molar-refractivity contribution in [2.75, 3.05) is 0 Å². The molecular formula is C42H46O9. The summed E-state index contributed by atoms with van der Waals surface area (Å²) in [4.78, 5) is 62.1. The number of aromatic hydroxyl groups is 2. The number of phenolic OH excluding ortho intramolecular Hbond substituents is 2. The van der Waals surface area contributed by atoms with Crippen LogP contribution in [0, 0.1) is 47.5 Å². The van der Waals surface area contributed by atoms with Crippen molar-refractivity contribution in [2.24, 2.45) is 5.92 Å². The molecule has 2 aromatic rings. The number of carbonyl (C=O) groups is 5. The van der Waals surface area contributed by atoms with Crippen LogP contribution in [-0.2, 0) is 24.0 Å². The van der Waals surface area contributed by atoms with Crippen LogP contribution in [0.5, 0.6) is 23.0 Å². The predicted octanol–water partition coefficient (Wildman–Crippen LogP) is 7.38. The maximum Gasteiger partial charge on any atom is 0.242 e. The highest BCUT2D eigenvalue weighted by Gasteiger charge is 2.43. The van der Waals surface area contributed by atoms with Gasteiger partial charge in [0.15, 0.2) is 23.1 Å². The third kappa shape index (κ3) is 5.58. The van der Waals surface area contributed by atoms with E-state index in [1.165, 1.54) is 13.8 Å². The number of hydrogen-bond donors (Lipinski definition) is 2. The smallest absolute Gasteiger partial charge is 0.242 e. The summed E-state index contributed by atoms with van der Waals surface area (Å²) in [6.45, 7) is 21.0. The van der Waals surface area contributed by atoms with E-state index >= 15 is 0 Å². The monoisotopic (exact) mass is 694 g/mol. The van der Waals surface area contributed by atoms with Crippen LogP contribution in [0.3, 0.4) is 0 Å². The van der Waals surface area contributed by atoms with E-state index in [2.05, 4.69) is 0 Å². The van der Waals surface area contributed by atoms with Crippen molar-refractivity contribution in [1.29, 1.82) is 0 Å². The molecule has 4 aliphatic rings. The molecule has 0 saturated carbocycles. The van der Waals surface area contributed by atoms with Crippen molar-refractivity contribution < 1.29 is 43.7 Å². The van der Waals surface area contributed by atoms with Gasteiger partial charge in [0, 0.05) is 80.4 Å². The van der Waals surface area contributed by atoms with Crippen molar-refractivity contribution in [1.82, 2.24) is 0 Å². The lowest BCUT2D eigenvalue weighted by molar-refractivity contribution is -0.118. The fourth-order valence-electron chi connectivity index (χ4n) is 7.90. The van der Waals surface area contributed by atoms with E-state index in [4.69, 9.17) is 9.47 Å². The lowest BCUT2D eigenvalue weighted by Crippen LogP contribution is -2.37. The van der Waals surface area contributed by atoms with Crippen LogP contribution < -0.4 is 9.47 Å². The normalized spacial score (nSPS) is 19.9. The molecule has 0 amide bonds. The fourth-order valence-corrected chi connectivity index (χ4v) is 7.90. The number of benzene rings is 2. The van der Waals surface area contributed by atoms with Gasteiger partial charge in [-0.25, -0.2) is 0 Å². The SMILES string of the molecule is CC1=C(C)C(=O)C(C(CC=O)C2=C(C)C(=O)C(C)=C(C)C2=O)=C(C)C1=O.Cc1c(C)c2c(c(C)c1O)C1CC(O2)Oc2c(C)c(C)c(O)c(C)c21. The molecule has 0 radical (unpaired) electrons. The van der Waals surface area contributed by atoms with E-state index in [9.17, 15) is 34.2 Å². The Morgan fingerprint density at radius 3 is 1.25 bits per heavy atom. The Kier molecular flexibility index (Phi) is 9.67. The van der Waals surface area contributed by atoms with Gasteiger partial charge in [0.25, 0.3) is 0 Å². The standard InChI is InChI=1S/C21H22O5.C21H24O4/c1-9-11(3)20(25)16(13(5)18(9)23)15(7-8-22)17-14(6)19(24)10(2)12(4)21(17)26;1-8-10(3)20-16(12(5)18(8)22)14-7-15(24-20)25-21-11(4)9(2)19(23)13(6)17(14)21/h8,15H,7H2,1-6H3;14-15,22-23H,7H2,1-6H3. The number of rotatable bonds is 4. The zero-order chi connectivity index (χ0) is 38.1. The van der Waals surface area contributed by atoms with Gasteiger partial charge in [0.2, 0.25) is 6.29 Å². The highest BCUT2D eigenvalue weighted by Crippen LogP contribution is 2.55. The summed E-state index contributed by atoms with van der Waals surface area (Å²) < 4.78 is 12.4. The summed E-state index contributed by atoms with van der Waals surface area (Å²) in [6, 6.07) is 0. The Labute approximate surface area is 298 Å². The van der Waals surface area contributed by atoms with Gasteiger partial charge < -0.3 is 24.5 Å². The highest BCUT2D eigenvalue weighted by atomic mass is 16.7. The number of carbonyl (C=O) groups excluding carboxylic acids is 5. The Balaban J connectivity index is 0.000000198. The fraction of sp³-hybridized carbons (Fsp3) is 0.405. The van der Waals surface area contributed by atoms with Gasteiger partial charge in [0.1, 0.15) is 29.3 Å². The molecular weight excluding hydrogens is 648 g/mol. The van der Waals surface area contributed by atoms with Gasteiger partial charge in [-0.1, -0.05) is 0 Å².